The summed E-state index contributed by atoms with van der Waals surface area (Å²) in [5.74, 6) is -2.17. The molecule has 1 unspecified atom stereocenters. The van der Waals surface area contributed by atoms with E-state index >= 15 is 0 Å². The number of ether oxygens (including phenoxy) is 1. The fourth-order valence-electron chi connectivity index (χ4n) is 2.25. The van der Waals surface area contributed by atoms with Gasteiger partial charge in [0, 0.05) is 16.3 Å². The number of amides is 2. The number of carbonyl (C=O) groups excluding carboxylic acids is 3. The average molecular weight is 454 g/mol. The molecular weight excluding hydrogens is 434 g/mol. The van der Waals surface area contributed by atoms with Crippen LogP contribution in [-0.4, -0.2) is 38.3 Å². The molecule has 2 atom stereocenters. The van der Waals surface area contributed by atoms with Gasteiger partial charge in [0.25, 0.3) is 5.91 Å². The van der Waals surface area contributed by atoms with E-state index in [9.17, 15) is 22.8 Å². The lowest BCUT2D eigenvalue weighted by Gasteiger charge is -2.17. The van der Waals surface area contributed by atoms with Crippen molar-refractivity contribution in [2.75, 3.05) is 5.32 Å². The number of hydrogen-bond acceptors (Lipinski definition) is 6. The third kappa shape index (κ3) is 6.28. The van der Waals surface area contributed by atoms with Crippen LogP contribution in [0.5, 0.6) is 0 Å². The highest BCUT2D eigenvalue weighted by atomic mass is 35.5. The maximum Gasteiger partial charge on any atom is 0.324 e. The van der Waals surface area contributed by atoms with Crippen LogP contribution in [0, 0.1) is 0 Å². The molecular formula is C19H20ClN3O6S. The molecule has 4 N–H and O–H groups in total. The van der Waals surface area contributed by atoms with E-state index in [2.05, 4.69) is 10.0 Å². The number of nitrogens with one attached hydrogen (secondary N) is 2. The number of anilines is 1. The van der Waals surface area contributed by atoms with Crippen LogP contribution in [0.3, 0.4) is 0 Å². The number of primary amides is 1. The summed E-state index contributed by atoms with van der Waals surface area (Å²) in [5, 5.41) is 2.88. The molecule has 2 aromatic rings. The number of hydrogen-bond donors (Lipinski definition) is 3. The van der Waals surface area contributed by atoms with Gasteiger partial charge >= 0.3 is 5.97 Å². The lowest BCUT2D eigenvalue weighted by molar-refractivity contribution is -0.154. The van der Waals surface area contributed by atoms with E-state index in [4.69, 9.17) is 22.1 Å². The lowest BCUT2D eigenvalue weighted by Crippen LogP contribution is -2.42. The first-order valence-corrected chi connectivity index (χ1v) is 10.5. The van der Waals surface area contributed by atoms with Gasteiger partial charge in [0.15, 0.2) is 6.10 Å². The Bertz CT molecular complexity index is 1040. The van der Waals surface area contributed by atoms with Crippen molar-refractivity contribution < 1.29 is 27.5 Å². The normalized spacial score (nSPS) is 13.2. The van der Waals surface area contributed by atoms with Gasteiger partial charge in [-0.3, -0.25) is 14.4 Å². The number of nitrogens with two attached hydrogens (primary N) is 1. The van der Waals surface area contributed by atoms with E-state index in [0.29, 0.717) is 10.7 Å². The van der Waals surface area contributed by atoms with Gasteiger partial charge in [0.05, 0.1) is 4.90 Å². The molecule has 0 radical (unpaired) electrons. The van der Waals surface area contributed by atoms with E-state index in [1.54, 1.807) is 0 Å². The van der Waals surface area contributed by atoms with E-state index < -0.39 is 40.0 Å². The molecule has 0 heterocycles. The second-order valence-corrected chi connectivity index (χ2v) is 8.46. The van der Waals surface area contributed by atoms with Gasteiger partial charge in [-0.25, -0.2) is 8.42 Å². The highest BCUT2D eigenvalue weighted by Crippen LogP contribution is 2.15. The molecule has 0 aromatic heterocycles. The van der Waals surface area contributed by atoms with Gasteiger partial charge in [0.2, 0.25) is 15.9 Å². The lowest BCUT2D eigenvalue weighted by atomic mass is 10.2. The number of halogens is 1. The fraction of sp³-hybridized carbons (Fsp3) is 0.211. The molecule has 0 aliphatic heterocycles. The van der Waals surface area contributed by atoms with Crippen LogP contribution >= 0.6 is 11.6 Å². The Hall–Kier alpha value is -2.95. The predicted octanol–water partition coefficient (Wildman–Crippen LogP) is 1.68. The zero-order valence-corrected chi connectivity index (χ0v) is 17.7. The summed E-state index contributed by atoms with van der Waals surface area (Å²) in [6, 6.07) is 9.96. The van der Waals surface area contributed by atoms with E-state index in [1.165, 1.54) is 62.4 Å². The summed E-state index contributed by atoms with van der Waals surface area (Å²) in [6.07, 6.45) is -1.20. The van der Waals surface area contributed by atoms with Crippen LogP contribution in [0.2, 0.25) is 5.02 Å². The zero-order valence-electron chi connectivity index (χ0n) is 16.1. The Labute approximate surface area is 178 Å². The Balaban J connectivity index is 1.94. The van der Waals surface area contributed by atoms with Gasteiger partial charge in [-0.05, 0) is 62.4 Å². The van der Waals surface area contributed by atoms with Crippen LogP contribution in [0.1, 0.15) is 24.2 Å². The van der Waals surface area contributed by atoms with Crippen LogP contribution in [0.4, 0.5) is 5.69 Å². The molecule has 2 rings (SSSR count). The third-order valence-electron chi connectivity index (χ3n) is 3.91. The number of esters is 1. The number of benzene rings is 2. The molecule has 30 heavy (non-hydrogen) atoms. The van der Waals surface area contributed by atoms with E-state index in [0.717, 1.165) is 0 Å². The predicted molar refractivity (Wildman–Crippen MR) is 110 cm³/mol. The first-order chi connectivity index (χ1) is 14.0. The molecule has 0 fully saturated rings. The summed E-state index contributed by atoms with van der Waals surface area (Å²) >= 11 is 5.74. The van der Waals surface area contributed by atoms with Gasteiger partial charge in [-0.2, -0.15) is 4.72 Å². The Morgan fingerprint density at radius 2 is 1.57 bits per heavy atom. The zero-order chi connectivity index (χ0) is 22.5. The SMILES string of the molecule is CC(OC(=O)[C@H](C)NS(=O)(=O)c1ccc(Cl)cc1)C(=O)Nc1ccc(C(N)=O)cc1. The van der Waals surface area contributed by atoms with Crippen molar-refractivity contribution in [3.8, 4) is 0 Å². The summed E-state index contributed by atoms with van der Waals surface area (Å²) in [4.78, 5) is 35.4. The molecule has 0 saturated carbocycles. The number of rotatable bonds is 8. The van der Waals surface area contributed by atoms with E-state index in [-0.39, 0.29) is 10.5 Å². The largest absolute Gasteiger partial charge is 0.451 e. The summed E-state index contributed by atoms with van der Waals surface area (Å²) in [5.41, 5.74) is 5.78. The highest BCUT2D eigenvalue weighted by Gasteiger charge is 2.26. The third-order valence-corrected chi connectivity index (χ3v) is 5.72. The Kier molecular flexibility index (Phi) is 7.54. The quantitative estimate of drug-likeness (QED) is 0.518. The first kappa shape index (κ1) is 23.3. The molecule has 160 valence electrons. The molecule has 2 aromatic carbocycles. The standard InChI is InChI=1S/C19H20ClN3O6S/c1-11(23-30(27,28)16-9-5-14(20)6-10-16)19(26)29-12(2)18(25)22-15-7-3-13(4-8-15)17(21)24/h3-12,23H,1-2H3,(H2,21,24)(H,22,25)/t11-,12?/m0/s1. The number of carbonyl (C=O) groups is 3. The Morgan fingerprint density at radius 3 is 2.10 bits per heavy atom. The molecule has 11 heteroatoms. The van der Waals surface area contributed by atoms with Gasteiger partial charge < -0.3 is 15.8 Å². The molecule has 0 aliphatic carbocycles. The van der Waals surface area contributed by atoms with Crippen molar-refractivity contribution in [2.24, 2.45) is 5.73 Å². The number of sulfonamides is 1. The molecule has 0 bridgehead atoms. The molecule has 0 aliphatic rings. The highest BCUT2D eigenvalue weighted by molar-refractivity contribution is 7.89. The molecule has 2 amide bonds. The van der Waals surface area contributed by atoms with Crippen LogP contribution in [0.25, 0.3) is 0 Å². The maximum atomic E-state index is 12.3. The summed E-state index contributed by atoms with van der Waals surface area (Å²) in [7, 11) is -3.98. The minimum absolute atomic E-state index is 0.0725. The van der Waals surface area contributed by atoms with Crippen molar-refractivity contribution >= 4 is 45.1 Å². The van der Waals surface area contributed by atoms with Crippen molar-refractivity contribution in [3.63, 3.8) is 0 Å². The van der Waals surface area contributed by atoms with Crippen LogP contribution in [0.15, 0.2) is 53.4 Å². The van der Waals surface area contributed by atoms with Gasteiger partial charge in [-0.15, -0.1) is 0 Å². The van der Waals surface area contributed by atoms with Crippen molar-refractivity contribution in [2.45, 2.75) is 30.9 Å². The second-order valence-electron chi connectivity index (χ2n) is 6.31. The van der Waals surface area contributed by atoms with Crippen LogP contribution in [-0.2, 0) is 24.3 Å². The summed E-state index contributed by atoms with van der Waals surface area (Å²) < 4.78 is 31.9. The fourth-order valence-corrected chi connectivity index (χ4v) is 3.57. The Morgan fingerprint density at radius 1 is 1.00 bits per heavy atom. The topological polar surface area (TPSA) is 145 Å². The van der Waals surface area contributed by atoms with Crippen LogP contribution < -0.4 is 15.8 Å². The van der Waals surface area contributed by atoms with Crippen molar-refractivity contribution in [3.05, 3.63) is 59.1 Å². The first-order valence-electron chi connectivity index (χ1n) is 8.68. The van der Waals surface area contributed by atoms with Gasteiger partial charge in [-0.1, -0.05) is 11.6 Å². The van der Waals surface area contributed by atoms with Gasteiger partial charge in [0.1, 0.15) is 6.04 Å². The minimum atomic E-state index is -3.98. The molecule has 0 saturated heterocycles. The van der Waals surface area contributed by atoms with Crippen molar-refractivity contribution in [1.82, 2.24) is 4.72 Å². The molecule has 0 spiro atoms. The second kappa shape index (κ2) is 9.70. The average Bonchev–Trinajstić information content (AvgIpc) is 2.68. The van der Waals surface area contributed by atoms with Crippen molar-refractivity contribution in [1.29, 1.82) is 0 Å². The van der Waals surface area contributed by atoms with E-state index in [1.807, 2.05) is 0 Å². The maximum absolute atomic E-state index is 12.3. The minimum Gasteiger partial charge on any atom is -0.451 e. The smallest absolute Gasteiger partial charge is 0.324 e. The molecule has 9 nitrogen and oxygen atoms in total. The summed E-state index contributed by atoms with van der Waals surface area (Å²) in [6.45, 7) is 2.63. The monoisotopic (exact) mass is 453 g/mol.